The molecular weight excluding hydrogens is 248 g/mol. The molecule has 1 aromatic heterocycles. The topological polar surface area (TPSA) is 112 Å². The number of hydrogen-bond donors (Lipinski definition) is 3. The summed E-state index contributed by atoms with van der Waals surface area (Å²) in [7, 11) is 0. The predicted octanol–water partition coefficient (Wildman–Crippen LogP) is 0.723. The molecule has 0 bridgehead atoms. The molecule has 0 atom stereocenters. The van der Waals surface area contributed by atoms with E-state index in [-0.39, 0.29) is 5.56 Å². The molecule has 0 radical (unpaired) electrons. The smallest absolute Gasteiger partial charge is 0.323 e. The van der Waals surface area contributed by atoms with Crippen LogP contribution in [0.15, 0.2) is 36.7 Å². The van der Waals surface area contributed by atoms with Crippen LogP contribution in [0.25, 0.3) is 0 Å². The number of benzene rings is 1. The van der Waals surface area contributed by atoms with Gasteiger partial charge in [0, 0.05) is 6.20 Å². The third kappa shape index (κ3) is 2.71. The molecule has 4 N–H and O–H groups in total. The van der Waals surface area contributed by atoms with Crippen LogP contribution in [0.4, 0.5) is 11.4 Å². The third-order valence-electron chi connectivity index (χ3n) is 2.51. The van der Waals surface area contributed by atoms with Crippen molar-refractivity contribution in [3.63, 3.8) is 0 Å². The maximum absolute atomic E-state index is 12.2. The summed E-state index contributed by atoms with van der Waals surface area (Å²) in [5, 5.41) is 15.1. The molecular formula is C12H12N4O3. The van der Waals surface area contributed by atoms with E-state index in [1.165, 1.54) is 12.4 Å². The molecule has 0 fully saturated rings. The average Bonchev–Trinajstić information content (AvgIpc) is 2.90. The van der Waals surface area contributed by atoms with Gasteiger partial charge in [0.2, 0.25) is 0 Å². The quantitative estimate of drug-likeness (QED) is 0.701. The first-order valence-electron chi connectivity index (χ1n) is 5.46. The number of hydrogen-bond acceptors (Lipinski definition) is 4. The Labute approximate surface area is 108 Å². The van der Waals surface area contributed by atoms with Gasteiger partial charge in [0.25, 0.3) is 5.91 Å². The van der Waals surface area contributed by atoms with Gasteiger partial charge in [-0.25, -0.2) is 0 Å². The molecule has 1 heterocycles. The van der Waals surface area contributed by atoms with Gasteiger partial charge in [0.05, 0.1) is 23.1 Å². The monoisotopic (exact) mass is 260 g/mol. The number of aromatic nitrogens is 2. The number of carbonyl (C=O) groups excluding carboxylic acids is 1. The summed E-state index contributed by atoms with van der Waals surface area (Å²) in [5.41, 5.74) is 6.74. The molecule has 1 amide bonds. The lowest BCUT2D eigenvalue weighted by atomic mass is 10.2. The van der Waals surface area contributed by atoms with Crippen molar-refractivity contribution >= 4 is 23.3 Å². The third-order valence-corrected chi connectivity index (χ3v) is 2.51. The van der Waals surface area contributed by atoms with Crippen LogP contribution in [0.2, 0.25) is 0 Å². The Hall–Kier alpha value is -2.83. The lowest BCUT2D eigenvalue weighted by molar-refractivity contribution is -0.135. The maximum Gasteiger partial charge on any atom is 0.323 e. The summed E-state index contributed by atoms with van der Waals surface area (Å²) < 4.78 is 0. The maximum atomic E-state index is 12.2. The van der Waals surface area contributed by atoms with Gasteiger partial charge < -0.3 is 10.8 Å². The van der Waals surface area contributed by atoms with Crippen molar-refractivity contribution in [1.82, 2.24) is 10.2 Å². The molecule has 0 aliphatic heterocycles. The van der Waals surface area contributed by atoms with Gasteiger partial charge in [-0.2, -0.15) is 5.10 Å². The number of rotatable bonds is 4. The van der Waals surface area contributed by atoms with Crippen molar-refractivity contribution in [2.24, 2.45) is 0 Å². The van der Waals surface area contributed by atoms with Crippen LogP contribution >= 0.6 is 0 Å². The van der Waals surface area contributed by atoms with Gasteiger partial charge in [-0.05, 0) is 12.1 Å². The Balaban J connectivity index is 2.39. The largest absolute Gasteiger partial charge is 0.480 e. The number of para-hydroxylation sites is 2. The molecule has 2 aromatic rings. The molecule has 0 saturated heterocycles. The Morgan fingerprint density at radius 1 is 1.37 bits per heavy atom. The molecule has 7 heteroatoms. The number of amides is 1. The number of nitrogen functional groups attached to an aromatic ring is 1. The van der Waals surface area contributed by atoms with Crippen LogP contribution in [0.5, 0.6) is 0 Å². The van der Waals surface area contributed by atoms with E-state index in [1.807, 2.05) is 0 Å². The van der Waals surface area contributed by atoms with E-state index in [9.17, 15) is 9.59 Å². The Bertz CT molecular complexity index is 595. The van der Waals surface area contributed by atoms with E-state index < -0.39 is 18.4 Å². The molecule has 0 saturated carbocycles. The van der Waals surface area contributed by atoms with Gasteiger partial charge in [-0.15, -0.1) is 0 Å². The minimum Gasteiger partial charge on any atom is -0.480 e. The van der Waals surface area contributed by atoms with Crippen molar-refractivity contribution in [1.29, 1.82) is 0 Å². The van der Waals surface area contributed by atoms with E-state index in [0.717, 1.165) is 4.90 Å². The number of aromatic amines is 1. The summed E-state index contributed by atoms with van der Waals surface area (Å²) >= 11 is 0. The number of carboxylic acid groups (broad SMARTS) is 1. The van der Waals surface area contributed by atoms with Gasteiger partial charge in [-0.1, -0.05) is 12.1 Å². The van der Waals surface area contributed by atoms with Crippen LogP contribution < -0.4 is 10.6 Å². The standard InChI is InChI=1S/C12H12N4O3/c13-9-3-1-2-4-10(9)16(7-11(17)18)12(19)8-5-14-15-6-8/h1-6H,7,13H2,(H,14,15)(H,17,18). The fraction of sp³-hybridized carbons (Fsp3) is 0.0833. The Morgan fingerprint density at radius 2 is 2.11 bits per heavy atom. The first kappa shape index (κ1) is 12.6. The van der Waals surface area contributed by atoms with Crippen molar-refractivity contribution in [2.75, 3.05) is 17.2 Å². The first-order valence-corrected chi connectivity index (χ1v) is 5.46. The minimum atomic E-state index is -1.12. The van der Waals surface area contributed by atoms with E-state index in [4.69, 9.17) is 10.8 Å². The summed E-state index contributed by atoms with van der Waals surface area (Å²) in [6, 6.07) is 6.59. The van der Waals surface area contributed by atoms with Gasteiger partial charge >= 0.3 is 5.97 Å². The van der Waals surface area contributed by atoms with Crippen molar-refractivity contribution < 1.29 is 14.7 Å². The normalized spacial score (nSPS) is 10.1. The zero-order valence-corrected chi connectivity index (χ0v) is 9.91. The minimum absolute atomic E-state index is 0.268. The van der Waals surface area contributed by atoms with E-state index >= 15 is 0 Å². The molecule has 0 unspecified atom stereocenters. The average molecular weight is 260 g/mol. The predicted molar refractivity (Wildman–Crippen MR) is 68.8 cm³/mol. The first-order chi connectivity index (χ1) is 9.09. The lowest BCUT2D eigenvalue weighted by Crippen LogP contribution is -2.36. The van der Waals surface area contributed by atoms with E-state index in [1.54, 1.807) is 24.3 Å². The number of anilines is 2. The number of carbonyl (C=O) groups is 2. The van der Waals surface area contributed by atoms with Crippen LogP contribution in [0, 0.1) is 0 Å². The summed E-state index contributed by atoms with van der Waals surface area (Å²) in [4.78, 5) is 24.3. The van der Waals surface area contributed by atoms with Crippen LogP contribution in [-0.4, -0.2) is 33.7 Å². The Kier molecular flexibility index (Phi) is 3.46. The Morgan fingerprint density at radius 3 is 2.68 bits per heavy atom. The molecule has 2 rings (SSSR count). The highest BCUT2D eigenvalue weighted by atomic mass is 16.4. The molecule has 0 aliphatic rings. The summed E-state index contributed by atoms with van der Waals surface area (Å²) in [6.45, 7) is -0.474. The van der Waals surface area contributed by atoms with Crippen molar-refractivity contribution in [3.05, 3.63) is 42.2 Å². The SMILES string of the molecule is Nc1ccccc1N(CC(=O)O)C(=O)c1cn[nH]c1. The molecule has 98 valence electrons. The fourth-order valence-corrected chi connectivity index (χ4v) is 1.66. The summed E-state index contributed by atoms with van der Waals surface area (Å²) in [6.07, 6.45) is 2.73. The summed E-state index contributed by atoms with van der Waals surface area (Å²) in [5.74, 6) is -1.60. The second-order valence-corrected chi connectivity index (χ2v) is 3.83. The van der Waals surface area contributed by atoms with Gasteiger partial charge in [0.1, 0.15) is 6.54 Å². The van der Waals surface area contributed by atoms with Gasteiger partial charge in [-0.3, -0.25) is 19.6 Å². The lowest BCUT2D eigenvalue weighted by Gasteiger charge is -2.21. The molecule has 0 aliphatic carbocycles. The van der Waals surface area contributed by atoms with Crippen molar-refractivity contribution in [3.8, 4) is 0 Å². The molecule has 19 heavy (non-hydrogen) atoms. The molecule has 7 nitrogen and oxygen atoms in total. The fourth-order valence-electron chi connectivity index (χ4n) is 1.66. The number of carboxylic acids is 1. The number of H-pyrrole nitrogens is 1. The number of nitrogens with two attached hydrogens (primary N) is 1. The van der Waals surface area contributed by atoms with Crippen molar-refractivity contribution in [2.45, 2.75) is 0 Å². The van der Waals surface area contributed by atoms with Crippen LogP contribution in [0.1, 0.15) is 10.4 Å². The van der Waals surface area contributed by atoms with Gasteiger partial charge in [0.15, 0.2) is 0 Å². The van der Waals surface area contributed by atoms with E-state index in [2.05, 4.69) is 10.2 Å². The highest BCUT2D eigenvalue weighted by Crippen LogP contribution is 2.23. The van der Waals surface area contributed by atoms with Crippen LogP contribution in [0.3, 0.4) is 0 Å². The second-order valence-electron chi connectivity index (χ2n) is 3.83. The number of aliphatic carboxylic acids is 1. The number of nitrogens with zero attached hydrogens (tertiary/aromatic N) is 2. The van der Waals surface area contributed by atoms with Crippen LogP contribution in [-0.2, 0) is 4.79 Å². The highest BCUT2D eigenvalue weighted by molar-refractivity contribution is 6.09. The molecule has 1 aromatic carbocycles. The zero-order chi connectivity index (χ0) is 13.8. The molecule has 0 spiro atoms. The van der Waals surface area contributed by atoms with E-state index in [0.29, 0.717) is 11.4 Å². The highest BCUT2D eigenvalue weighted by Gasteiger charge is 2.22. The second kappa shape index (κ2) is 5.21. The zero-order valence-electron chi connectivity index (χ0n) is 9.91. The number of nitrogens with one attached hydrogen (secondary N) is 1.